The molecule has 4 aliphatic rings. The third-order valence-corrected chi connectivity index (χ3v) is 8.56. The number of ether oxygens (including phenoxy) is 3. The number of fused-ring (bicyclic) bond motifs is 3. The monoisotopic (exact) mass is 590 g/mol. The summed E-state index contributed by atoms with van der Waals surface area (Å²) in [7, 11) is 1.59. The van der Waals surface area contributed by atoms with E-state index in [-0.39, 0.29) is 29.7 Å². The zero-order chi connectivity index (χ0) is 30.0. The first kappa shape index (κ1) is 28.0. The van der Waals surface area contributed by atoms with Crippen LogP contribution in [0.5, 0.6) is 0 Å². The van der Waals surface area contributed by atoms with Gasteiger partial charge in [0.2, 0.25) is 0 Å². The number of aliphatic imine (C=N–C) groups is 1. The van der Waals surface area contributed by atoms with Crippen LogP contribution in [0.4, 0.5) is 0 Å². The van der Waals surface area contributed by atoms with Gasteiger partial charge in [-0.1, -0.05) is 54.6 Å². The second kappa shape index (κ2) is 12.1. The van der Waals surface area contributed by atoms with E-state index < -0.39 is 0 Å². The molecule has 44 heavy (non-hydrogen) atoms. The summed E-state index contributed by atoms with van der Waals surface area (Å²) in [6.07, 6.45) is 12.5. The minimum Gasteiger partial charge on any atom is -0.493 e. The summed E-state index contributed by atoms with van der Waals surface area (Å²) in [6, 6.07) is 17.0. The third-order valence-electron chi connectivity index (χ3n) is 8.56. The average Bonchev–Trinajstić information content (AvgIpc) is 3.50. The zero-order valence-corrected chi connectivity index (χ0v) is 24.6. The molecule has 3 aromatic rings. The van der Waals surface area contributed by atoms with Gasteiger partial charge in [0.1, 0.15) is 18.2 Å². The molecule has 7 rings (SSSR count). The largest absolute Gasteiger partial charge is 0.493 e. The highest BCUT2D eigenvalue weighted by Gasteiger charge is 2.38. The molecule has 1 aromatic heterocycles. The molecule has 3 heterocycles. The summed E-state index contributed by atoms with van der Waals surface area (Å²) < 4.78 is 19.5. The summed E-state index contributed by atoms with van der Waals surface area (Å²) in [5.74, 6) is 1.88. The van der Waals surface area contributed by atoms with Gasteiger partial charge in [0.25, 0.3) is 11.5 Å². The number of carbonyl (C=O) groups excluding carboxylic acids is 1. The lowest BCUT2D eigenvalue weighted by molar-refractivity contribution is -0.127. The average molecular weight is 591 g/mol. The molecule has 9 heteroatoms. The van der Waals surface area contributed by atoms with Crippen LogP contribution in [0.15, 0.2) is 106 Å². The maximum atomic E-state index is 13.6. The highest BCUT2D eigenvalue weighted by atomic mass is 16.5. The van der Waals surface area contributed by atoms with Crippen LogP contribution in [-0.4, -0.2) is 71.6 Å². The smallest absolute Gasteiger partial charge is 0.266 e. The summed E-state index contributed by atoms with van der Waals surface area (Å²) in [5, 5.41) is 0.575. The van der Waals surface area contributed by atoms with Gasteiger partial charge in [-0.2, -0.15) is 0 Å². The summed E-state index contributed by atoms with van der Waals surface area (Å²) in [5.41, 5.74) is 2.86. The minimum absolute atomic E-state index is 0.0427. The van der Waals surface area contributed by atoms with Gasteiger partial charge < -0.3 is 19.1 Å². The number of hydrogen-bond acceptors (Lipinski definition) is 7. The number of benzene rings is 2. The van der Waals surface area contributed by atoms with Crippen LogP contribution in [0.1, 0.15) is 25.7 Å². The van der Waals surface area contributed by atoms with E-state index in [1.807, 2.05) is 83.9 Å². The van der Waals surface area contributed by atoms with Crippen LogP contribution in [0.3, 0.4) is 0 Å². The van der Waals surface area contributed by atoms with E-state index in [0.29, 0.717) is 59.9 Å². The molecule has 2 aliphatic carbocycles. The zero-order valence-electron chi connectivity index (χ0n) is 24.6. The van der Waals surface area contributed by atoms with E-state index in [1.54, 1.807) is 17.8 Å². The molecular weight excluding hydrogens is 556 g/mol. The predicted molar refractivity (Wildman–Crippen MR) is 169 cm³/mol. The van der Waals surface area contributed by atoms with Crippen molar-refractivity contribution in [2.45, 2.75) is 43.9 Å². The maximum absolute atomic E-state index is 13.6. The Bertz CT molecular complexity index is 1800. The van der Waals surface area contributed by atoms with Crippen molar-refractivity contribution in [3.8, 4) is 11.4 Å². The van der Waals surface area contributed by atoms with Crippen LogP contribution in [0.25, 0.3) is 28.0 Å². The van der Waals surface area contributed by atoms with Crippen molar-refractivity contribution in [1.29, 1.82) is 0 Å². The maximum Gasteiger partial charge on any atom is 0.266 e. The highest BCUT2D eigenvalue weighted by molar-refractivity contribution is 5.99. The first-order chi connectivity index (χ1) is 21.6. The van der Waals surface area contributed by atoms with Crippen LogP contribution in [0.2, 0.25) is 0 Å². The van der Waals surface area contributed by atoms with Gasteiger partial charge in [-0.15, -0.1) is 0 Å². The van der Waals surface area contributed by atoms with Crippen LogP contribution in [0, 0.1) is 0 Å². The third kappa shape index (κ3) is 5.28. The van der Waals surface area contributed by atoms with Gasteiger partial charge in [0.05, 0.1) is 42.8 Å². The molecule has 0 radical (unpaired) electrons. The van der Waals surface area contributed by atoms with Crippen LogP contribution < -0.4 is 5.56 Å². The standard InChI is InChI=1S/C35H34N4O5/c1-42-31-20-28-30(36-22-25-10-7-17-38(25)34(28)40)21-32(31)44-19-18-43-26-15-13-24(14-16-26)39-33(23-8-3-2-4-9-23)37-29-12-6-5-11-27(29)35(39)41/h2-6,8-9,11-15,20,22,25-26,30H,7,10,16-19,21H2,1H3. The first-order valence-electron chi connectivity index (χ1n) is 15.1. The molecule has 2 aliphatic heterocycles. The Morgan fingerprint density at radius 1 is 1.02 bits per heavy atom. The first-order valence-corrected chi connectivity index (χ1v) is 15.1. The summed E-state index contributed by atoms with van der Waals surface area (Å²) >= 11 is 0. The minimum atomic E-state index is -0.262. The normalized spacial score (nSPS) is 22.8. The van der Waals surface area contributed by atoms with Gasteiger partial charge in [-0.05, 0) is 43.5 Å². The molecule has 9 nitrogen and oxygen atoms in total. The molecule has 0 saturated carbocycles. The van der Waals surface area contributed by atoms with Gasteiger partial charge >= 0.3 is 0 Å². The topological polar surface area (TPSA) is 95.2 Å². The van der Waals surface area contributed by atoms with E-state index in [0.717, 1.165) is 30.6 Å². The number of para-hydroxylation sites is 1. The molecule has 1 amide bonds. The van der Waals surface area contributed by atoms with E-state index in [9.17, 15) is 9.59 Å². The SMILES string of the molecule is COC1=C(OCCOC2C=CC(n3c(-c4ccccc4)nc4ccccc4c3=O)=CC2)CC2N=CC3CCCN3C(=O)C2=C1. The Kier molecular flexibility index (Phi) is 7.70. The van der Waals surface area contributed by atoms with Crippen molar-refractivity contribution in [1.82, 2.24) is 14.5 Å². The molecule has 0 bridgehead atoms. The number of nitrogens with zero attached hydrogens (tertiary/aromatic N) is 4. The van der Waals surface area contributed by atoms with Crippen molar-refractivity contribution < 1.29 is 19.0 Å². The number of rotatable bonds is 8. The molecule has 0 N–H and O–H groups in total. The Morgan fingerprint density at radius 2 is 1.86 bits per heavy atom. The molecule has 2 aromatic carbocycles. The number of methoxy groups -OCH3 is 1. The van der Waals surface area contributed by atoms with Gasteiger partial charge in [0, 0.05) is 36.0 Å². The molecular formula is C35H34N4O5. The lowest BCUT2D eigenvalue weighted by atomic mass is 9.96. The fourth-order valence-electron chi connectivity index (χ4n) is 6.31. The molecule has 3 unspecified atom stereocenters. The number of amides is 1. The summed E-state index contributed by atoms with van der Waals surface area (Å²) in [4.78, 5) is 38.3. The molecule has 1 fully saturated rings. The number of carbonyl (C=O) groups is 1. The van der Waals surface area contributed by atoms with Crippen molar-refractivity contribution in [3.05, 3.63) is 106 Å². The molecule has 224 valence electrons. The van der Waals surface area contributed by atoms with Crippen LogP contribution in [-0.2, 0) is 19.0 Å². The Balaban J connectivity index is 1.01. The van der Waals surface area contributed by atoms with Crippen molar-refractivity contribution in [2.24, 2.45) is 4.99 Å². The Morgan fingerprint density at radius 3 is 2.68 bits per heavy atom. The Hall–Kier alpha value is -4.76. The highest BCUT2D eigenvalue weighted by Crippen LogP contribution is 2.33. The van der Waals surface area contributed by atoms with Crippen LogP contribution >= 0.6 is 0 Å². The quantitative estimate of drug-likeness (QED) is 0.347. The fraction of sp³-hybridized carbons (Fsp3) is 0.314. The molecule has 3 atom stereocenters. The van der Waals surface area contributed by atoms with E-state index in [2.05, 4.69) is 0 Å². The summed E-state index contributed by atoms with van der Waals surface area (Å²) in [6.45, 7) is 1.46. The van der Waals surface area contributed by atoms with Gasteiger partial charge in [-0.3, -0.25) is 19.1 Å². The number of hydrogen-bond donors (Lipinski definition) is 0. The van der Waals surface area contributed by atoms with Gasteiger partial charge in [0.15, 0.2) is 5.76 Å². The lowest BCUT2D eigenvalue weighted by Gasteiger charge is -2.26. The number of aromatic nitrogens is 2. The van der Waals surface area contributed by atoms with E-state index in [4.69, 9.17) is 24.2 Å². The lowest BCUT2D eigenvalue weighted by Crippen LogP contribution is -2.37. The predicted octanol–water partition coefficient (Wildman–Crippen LogP) is 4.90. The van der Waals surface area contributed by atoms with Crippen molar-refractivity contribution in [3.63, 3.8) is 0 Å². The van der Waals surface area contributed by atoms with Gasteiger partial charge in [-0.25, -0.2) is 4.98 Å². The van der Waals surface area contributed by atoms with Crippen molar-refractivity contribution in [2.75, 3.05) is 26.9 Å². The van der Waals surface area contributed by atoms with Crippen molar-refractivity contribution >= 4 is 28.7 Å². The molecule has 1 saturated heterocycles. The Labute approximate surface area is 255 Å². The van der Waals surface area contributed by atoms with E-state index in [1.165, 1.54) is 0 Å². The fourth-order valence-corrected chi connectivity index (χ4v) is 6.31. The molecule has 0 spiro atoms. The second-order valence-corrected chi connectivity index (χ2v) is 11.3. The second-order valence-electron chi connectivity index (χ2n) is 11.3. The van der Waals surface area contributed by atoms with E-state index >= 15 is 0 Å². The number of allylic oxidation sites excluding steroid dienone is 3.